The Morgan fingerprint density at radius 1 is 0.765 bits per heavy atom. The largest absolute Gasteiger partial charge is 0.247 e. The van der Waals surface area contributed by atoms with Gasteiger partial charge in [0, 0.05) is 5.92 Å². The van der Waals surface area contributed by atoms with Crippen LogP contribution in [0.4, 0.5) is 13.2 Å². The van der Waals surface area contributed by atoms with Gasteiger partial charge in [-0.15, -0.1) is 0 Å². The summed E-state index contributed by atoms with van der Waals surface area (Å²) in [7, 11) is 0. The first-order chi connectivity index (χ1) is 7.31. The lowest BCUT2D eigenvalue weighted by Crippen LogP contribution is -2.03. The van der Waals surface area contributed by atoms with Crippen LogP contribution < -0.4 is 0 Å². The number of hydrogen-bond acceptors (Lipinski definition) is 0. The molecule has 0 bridgehead atoms. The van der Waals surface area contributed by atoms with Crippen LogP contribution in [-0.2, 0) is 0 Å². The van der Waals surface area contributed by atoms with Gasteiger partial charge in [-0.05, 0) is 27.7 Å². The fraction of sp³-hybridized carbons (Fsp3) is 0.714. The van der Waals surface area contributed by atoms with Gasteiger partial charge in [0.15, 0.2) is 0 Å². The van der Waals surface area contributed by atoms with E-state index in [1.807, 2.05) is 26.0 Å². The first kappa shape index (κ1) is 21.5. The summed E-state index contributed by atoms with van der Waals surface area (Å²) < 4.78 is 35.8. The van der Waals surface area contributed by atoms with E-state index in [1.54, 1.807) is 6.92 Å². The van der Waals surface area contributed by atoms with E-state index in [1.165, 1.54) is 26.0 Å². The molecule has 3 heteroatoms. The van der Waals surface area contributed by atoms with Crippen LogP contribution >= 0.6 is 0 Å². The molecule has 0 aliphatic carbocycles. The minimum absolute atomic E-state index is 0. The molecule has 0 aliphatic rings. The maximum atomic E-state index is 12.2. The molecule has 0 spiro atoms. The van der Waals surface area contributed by atoms with Crippen molar-refractivity contribution in [3.63, 3.8) is 0 Å². The Morgan fingerprint density at radius 2 is 1.12 bits per heavy atom. The lowest BCUT2D eigenvalue weighted by atomic mass is 10.1. The summed E-state index contributed by atoms with van der Waals surface area (Å²) in [4.78, 5) is 0. The second kappa shape index (κ2) is 13.3. The molecule has 0 N–H and O–H groups in total. The monoisotopic (exact) mass is 252 g/mol. The van der Waals surface area contributed by atoms with Gasteiger partial charge in [-0.3, -0.25) is 0 Å². The Balaban J connectivity index is -0.000000218. The molecule has 0 nitrogen and oxygen atoms in total. The SMILES string of the molecule is C.CC(F)C=CC(C)F.CC=CC(C)C(C)F. The van der Waals surface area contributed by atoms with Crippen LogP contribution in [0.25, 0.3) is 0 Å². The van der Waals surface area contributed by atoms with Crippen molar-refractivity contribution in [2.24, 2.45) is 5.92 Å². The molecule has 17 heavy (non-hydrogen) atoms. The lowest BCUT2D eigenvalue weighted by molar-refractivity contribution is 0.300. The zero-order chi connectivity index (χ0) is 13.1. The van der Waals surface area contributed by atoms with Crippen LogP contribution in [-0.4, -0.2) is 18.5 Å². The molecule has 0 radical (unpaired) electrons. The Hall–Kier alpha value is -0.730. The molecule has 0 aromatic heterocycles. The van der Waals surface area contributed by atoms with Crippen molar-refractivity contribution < 1.29 is 13.2 Å². The highest BCUT2D eigenvalue weighted by atomic mass is 19.1. The third-order valence-electron chi connectivity index (χ3n) is 1.86. The minimum atomic E-state index is -1.03. The van der Waals surface area contributed by atoms with E-state index in [2.05, 4.69) is 0 Å². The van der Waals surface area contributed by atoms with Crippen molar-refractivity contribution in [2.45, 2.75) is 60.6 Å². The first-order valence-corrected chi connectivity index (χ1v) is 5.54. The second-order valence-electron chi connectivity index (χ2n) is 3.80. The van der Waals surface area contributed by atoms with Gasteiger partial charge in [-0.2, -0.15) is 0 Å². The van der Waals surface area contributed by atoms with Crippen LogP contribution in [0.3, 0.4) is 0 Å². The molecule has 0 fully saturated rings. The molecule has 0 saturated heterocycles. The quantitative estimate of drug-likeness (QED) is 0.583. The molecule has 0 aliphatic heterocycles. The van der Waals surface area contributed by atoms with Gasteiger partial charge in [0.1, 0.15) is 18.5 Å². The van der Waals surface area contributed by atoms with Crippen molar-refractivity contribution >= 4 is 0 Å². The van der Waals surface area contributed by atoms with Crippen molar-refractivity contribution in [2.75, 3.05) is 0 Å². The van der Waals surface area contributed by atoms with Crippen LogP contribution in [0.1, 0.15) is 42.0 Å². The van der Waals surface area contributed by atoms with Crippen LogP contribution in [0.15, 0.2) is 24.3 Å². The molecular formula is C14H27F3. The van der Waals surface area contributed by atoms with Gasteiger partial charge in [0.05, 0.1) is 0 Å². The summed E-state index contributed by atoms with van der Waals surface area (Å²) in [5.41, 5.74) is 0. The Kier molecular flexibility index (Phi) is 16.9. The topological polar surface area (TPSA) is 0 Å². The van der Waals surface area contributed by atoms with Gasteiger partial charge in [-0.1, -0.05) is 38.7 Å². The maximum Gasteiger partial charge on any atom is 0.116 e. The summed E-state index contributed by atoms with van der Waals surface area (Å²) in [6.07, 6.45) is 3.36. The van der Waals surface area contributed by atoms with E-state index in [9.17, 15) is 13.2 Å². The number of halogens is 3. The normalized spacial score (nSPS) is 17.9. The van der Waals surface area contributed by atoms with E-state index in [0.717, 1.165) is 0 Å². The average Bonchev–Trinajstić information content (AvgIpc) is 2.16. The van der Waals surface area contributed by atoms with E-state index in [-0.39, 0.29) is 13.3 Å². The van der Waals surface area contributed by atoms with Gasteiger partial charge in [-0.25, -0.2) is 13.2 Å². The van der Waals surface area contributed by atoms with E-state index in [4.69, 9.17) is 0 Å². The summed E-state index contributed by atoms with van der Waals surface area (Å²) in [6.45, 7) is 8.06. The molecule has 0 saturated carbocycles. The van der Waals surface area contributed by atoms with Gasteiger partial charge in [0.2, 0.25) is 0 Å². The van der Waals surface area contributed by atoms with Crippen molar-refractivity contribution in [3.8, 4) is 0 Å². The number of hydrogen-bond donors (Lipinski definition) is 0. The maximum absolute atomic E-state index is 12.2. The highest BCUT2D eigenvalue weighted by Gasteiger charge is 2.03. The van der Waals surface area contributed by atoms with E-state index in [0.29, 0.717) is 0 Å². The predicted octanol–water partition coefficient (Wildman–Crippen LogP) is 5.45. The van der Waals surface area contributed by atoms with Crippen molar-refractivity contribution in [1.82, 2.24) is 0 Å². The molecule has 0 aromatic carbocycles. The minimum Gasteiger partial charge on any atom is -0.247 e. The third kappa shape index (κ3) is 21.2. The first-order valence-electron chi connectivity index (χ1n) is 5.54. The van der Waals surface area contributed by atoms with Crippen LogP contribution in [0.2, 0.25) is 0 Å². The van der Waals surface area contributed by atoms with E-state index >= 15 is 0 Å². The lowest BCUT2D eigenvalue weighted by Gasteiger charge is -2.04. The number of rotatable bonds is 4. The zero-order valence-electron chi connectivity index (χ0n) is 10.8. The summed E-state index contributed by atoms with van der Waals surface area (Å²) in [5, 5.41) is 0. The Bertz CT molecular complexity index is 184. The molecule has 4 unspecified atom stereocenters. The fourth-order valence-electron chi connectivity index (χ4n) is 0.763. The molecule has 4 atom stereocenters. The Labute approximate surface area is 105 Å². The molecule has 0 rings (SSSR count). The van der Waals surface area contributed by atoms with Crippen LogP contribution in [0.5, 0.6) is 0 Å². The van der Waals surface area contributed by atoms with Gasteiger partial charge >= 0.3 is 0 Å². The molecule has 0 amide bonds. The highest BCUT2D eigenvalue weighted by Crippen LogP contribution is 2.06. The predicted molar refractivity (Wildman–Crippen MR) is 71.6 cm³/mol. The smallest absolute Gasteiger partial charge is 0.116 e. The summed E-state index contributed by atoms with van der Waals surface area (Å²) in [5.74, 6) is 0.0694. The number of allylic oxidation sites excluding steroid dienone is 4. The number of alkyl halides is 3. The second-order valence-corrected chi connectivity index (χ2v) is 3.80. The standard InChI is InChI=1S/C7H13F.C6H10F2.CH4/c1-4-5-6(2)7(3)8;1-5(7)3-4-6(2)8;/h4-7H,1-3H3;3-6H,1-2H3;1H4. The molecule has 0 aromatic rings. The molecule has 104 valence electrons. The zero-order valence-corrected chi connectivity index (χ0v) is 10.8. The molecule has 0 heterocycles. The fourth-order valence-corrected chi connectivity index (χ4v) is 0.763. The Morgan fingerprint density at radius 3 is 1.24 bits per heavy atom. The highest BCUT2D eigenvalue weighted by molar-refractivity contribution is 4.90. The van der Waals surface area contributed by atoms with Crippen molar-refractivity contribution in [1.29, 1.82) is 0 Å². The molecular weight excluding hydrogens is 225 g/mol. The summed E-state index contributed by atoms with van der Waals surface area (Å²) >= 11 is 0. The summed E-state index contributed by atoms with van der Waals surface area (Å²) in [6, 6.07) is 0. The van der Waals surface area contributed by atoms with Crippen LogP contribution in [0, 0.1) is 5.92 Å². The van der Waals surface area contributed by atoms with Gasteiger partial charge < -0.3 is 0 Å². The third-order valence-corrected chi connectivity index (χ3v) is 1.86. The van der Waals surface area contributed by atoms with E-state index < -0.39 is 18.5 Å². The van der Waals surface area contributed by atoms with Crippen molar-refractivity contribution in [3.05, 3.63) is 24.3 Å². The van der Waals surface area contributed by atoms with Gasteiger partial charge in [0.25, 0.3) is 0 Å². The average molecular weight is 252 g/mol.